The minimum absolute atomic E-state index is 0.480. The van der Waals surface area contributed by atoms with Crippen LogP contribution in [0.1, 0.15) is 26.7 Å². The Morgan fingerprint density at radius 1 is 1.35 bits per heavy atom. The lowest BCUT2D eigenvalue weighted by atomic mass is 10.1. The highest BCUT2D eigenvalue weighted by molar-refractivity contribution is 5.81. The third-order valence-electron chi connectivity index (χ3n) is 3.03. The molecule has 6 heteroatoms. The van der Waals surface area contributed by atoms with E-state index in [9.17, 15) is 18.0 Å². The maximum atomic E-state index is 11.9. The van der Waals surface area contributed by atoms with Crippen LogP contribution in [-0.4, -0.2) is 31.2 Å². The van der Waals surface area contributed by atoms with E-state index in [1.807, 2.05) is 5.32 Å². The number of hydrogen-bond acceptors (Lipinski definition) is 2. The molecule has 0 saturated heterocycles. The summed E-state index contributed by atoms with van der Waals surface area (Å²) in [4.78, 5) is 11.3. The van der Waals surface area contributed by atoms with Gasteiger partial charge in [-0.1, -0.05) is 6.92 Å². The molecule has 1 aliphatic rings. The second-order valence-electron chi connectivity index (χ2n) is 4.78. The van der Waals surface area contributed by atoms with Crippen LogP contribution in [-0.2, 0) is 4.79 Å². The Bertz CT molecular complexity index is 264. The van der Waals surface area contributed by atoms with Crippen LogP contribution in [0.4, 0.5) is 13.2 Å². The second-order valence-corrected chi connectivity index (χ2v) is 4.78. The fourth-order valence-electron chi connectivity index (χ4n) is 1.63. The smallest absolute Gasteiger partial charge is 0.346 e. The first-order valence-electron chi connectivity index (χ1n) is 5.87. The Morgan fingerprint density at radius 2 is 1.94 bits per heavy atom. The quantitative estimate of drug-likeness (QED) is 0.755. The SMILES string of the molecule is CC(NCC(C)C1CC1)C(=O)NCC(F)(F)F. The number of amides is 1. The van der Waals surface area contributed by atoms with Gasteiger partial charge in [0.1, 0.15) is 6.54 Å². The lowest BCUT2D eigenvalue weighted by molar-refractivity contribution is -0.139. The molecule has 1 rings (SSSR count). The zero-order valence-electron chi connectivity index (χ0n) is 10.1. The highest BCUT2D eigenvalue weighted by atomic mass is 19.4. The van der Waals surface area contributed by atoms with E-state index in [0.29, 0.717) is 18.4 Å². The van der Waals surface area contributed by atoms with Crippen LogP contribution in [0.15, 0.2) is 0 Å². The molecule has 1 aliphatic carbocycles. The molecule has 0 heterocycles. The number of carbonyl (C=O) groups excluding carboxylic acids is 1. The molecule has 0 spiro atoms. The molecular formula is C11H19F3N2O. The lowest BCUT2D eigenvalue weighted by Crippen LogP contribution is -2.46. The Hall–Kier alpha value is -0.780. The van der Waals surface area contributed by atoms with Gasteiger partial charge in [0.15, 0.2) is 0 Å². The van der Waals surface area contributed by atoms with Crippen molar-refractivity contribution >= 4 is 5.91 Å². The van der Waals surface area contributed by atoms with Crippen molar-refractivity contribution in [1.29, 1.82) is 0 Å². The van der Waals surface area contributed by atoms with Crippen molar-refractivity contribution in [3.05, 3.63) is 0 Å². The molecule has 100 valence electrons. The van der Waals surface area contributed by atoms with Crippen molar-refractivity contribution in [1.82, 2.24) is 10.6 Å². The molecule has 0 aliphatic heterocycles. The third-order valence-corrected chi connectivity index (χ3v) is 3.03. The van der Waals surface area contributed by atoms with E-state index in [2.05, 4.69) is 12.2 Å². The van der Waals surface area contributed by atoms with Gasteiger partial charge in [0.05, 0.1) is 6.04 Å². The summed E-state index contributed by atoms with van der Waals surface area (Å²) in [6.07, 6.45) is -1.91. The van der Waals surface area contributed by atoms with Gasteiger partial charge in [-0.15, -0.1) is 0 Å². The third kappa shape index (κ3) is 5.91. The van der Waals surface area contributed by atoms with Crippen molar-refractivity contribution < 1.29 is 18.0 Å². The molecule has 0 aromatic heterocycles. The molecule has 17 heavy (non-hydrogen) atoms. The lowest BCUT2D eigenvalue weighted by Gasteiger charge is -2.17. The number of halogens is 3. The standard InChI is InChI=1S/C11H19F3N2O/c1-7(9-3-4-9)5-15-8(2)10(17)16-6-11(12,13)14/h7-9,15H,3-6H2,1-2H3,(H,16,17). The normalized spacial score (nSPS) is 19.8. The van der Waals surface area contributed by atoms with Crippen molar-refractivity contribution in [3.8, 4) is 0 Å². The first-order valence-corrected chi connectivity index (χ1v) is 5.87. The van der Waals surface area contributed by atoms with Gasteiger partial charge in [0.25, 0.3) is 0 Å². The van der Waals surface area contributed by atoms with E-state index in [1.165, 1.54) is 12.8 Å². The van der Waals surface area contributed by atoms with Gasteiger partial charge in [0.2, 0.25) is 5.91 Å². The van der Waals surface area contributed by atoms with Gasteiger partial charge < -0.3 is 10.6 Å². The summed E-state index contributed by atoms with van der Waals surface area (Å²) in [5, 5.41) is 4.82. The van der Waals surface area contributed by atoms with Crippen LogP contribution in [0.5, 0.6) is 0 Å². The van der Waals surface area contributed by atoms with Gasteiger partial charge >= 0.3 is 6.18 Å². The predicted molar refractivity (Wildman–Crippen MR) is 58.4 cm³/mol. The molecule has 2 unspecified atom stereocenters. The maximum Gasteiger partial charge on any atom is 0.405 e. The zero-order valence-corrected chi connectivity index (χ0v) is 10.1. The van der Waals surface area contributed by atoms with E-state index in [-0.39, 0.29) is 0 Å². The Balaban J connectivity index is 2.17. The molecule has 2 atom stereocenters. The highest BCUT2D eigenvalue weighted by Crippen LogP contribution is 2.36. The molecule has 3 nitrogen and oxygen atoms in total. The minimum Gasteiger partial charge on any atom is -0.346 e. The summed E-state index contributed by atoms with van der Waals surface area (Å²) in [7, 11) is 0. The van der Waals surface area contributed by atoms with Gasteiger partial charge in [-0.25, -0.2) is 0 Å². The van der Waals surface area contributed by atoms with Gasteiger partial charge in [0, 0.05) is 0 Å². The molecule has 0 aromatic carbocycles. The van der Waals surface area contributed by atoms with Crippen molar-refractivity contribution in [2.45, 2.75) is 38.9 Å². The predicted octanol–water partition coefficient (Wildman–Crippen LogP) is 1.69. The van der Waals surface area contributed by atoms with Crippen LogP contribution in [0.2, 0.25) is 0 Å². The summed E-state index contributed by atoms with van der Waals surface area (Å²) in [5.41, 5.74) is 0. The van der Waals surface area contributed by atoms with Crippen LogP contribution < -0.4 is 10.6 Å². The van der Waals surface area contributed by atoms with E-state index in [1.54, 1.807) is 6.92 Å². The summed E-state index contributed by atoms with van der Waals surface area (Å²) < 4.78 is 35.6. The molecule has 2 N–H and O–H groups in total. The van der Waals surface area contributed by atoms with Crippen LogP contribution in [0, 0.1) is 11.8 Å². The number of nitrogens with one attached hydrogen (secondary N) is 2. The van der Waals surface area contributed by atoms with Crippen molar-refractivity contribution in [3.63, 3.8) is 0 Å². The largest absolute Gasteiger partial charge is 0.405 e. The monoisotopic (exact) mass is 252 g/mol. The molecular weight excluding hydrogens is 233 g/mol. The number of hydrogen-bond donors (Lipinski definition) is 2. The van der Waals surface area contributed by atoms with Crippen LogP contribution in [0.3, 0.4) is 0 Å². The Kier molecular flexibility index (Phi) is 4.80. The first kappa shape index (κ1) is 14.3. The summed E-state index contributed by atoms with van der Waals surface area (Å²) in [6, 6.07) is -0.585. The average molecular weight is 252 g/mol. The maximum absolute atomic E-state index is 11.9. The topological polar surface area (TPSA) is 41.1 Å². The van der Waals surface area contributed by atoms with E-state index in [0.717, 1.165) is 0 Å². The zero-order chi connectivity index (χ0) is 13.1. The Labute approximate surface area is 99.1 Å². The Morgan fingerprint density at radius 3 is 2.41 bits per heavy atom. The molecule has 1 saturated carbocycles. The van der Waals surface area contributed by atoms with Crippen LogP contribution >= 0.6 is 0 Å². The minimum atomic E-state index is -4.35. The second kappa shape index (κ2) is 5.71. The summed E-state index contributed by atoms with van der Waals surface area (Å²) >= 11 is 0. The number of rotatable bonds is 6. The molecule has 1 fully saturated rings. The van der Waals surface area contributed by atoms with E-state index < -0.39 is 24.7 Å². The first-order chi connectivity index (χ1) is 7.79. The summed E-state index contributed by atoms with van der Waals surface area (Å²) in [6.45, 7) is 3.07. The fraction of sp³-hybridized carbons (Fsp3) is 0.909. The van der Waals surface area contributed by atoms with E-state index >= 15 is 0 Å². The molecule has 0 aromatic rings. The van der Waals surface area contributed by atoms with Gasteiger partial charge in [-0.2, -0.15) is 13.2 Å². The van der Waals surface area contributed by atoms with Crippen molar-refractivity contribution in [2.24, 2.45) is 11.8 Å². The molecule has 1 amide bonds. The van der Waals surface area contributed by atoms with Gasteiger partial charge in [-0.3, -0.25) is 4.79 Å². The van der Waals surface area contributed by atoms with Crippen molar-refractivity contribution in [2.75, 3.05) is 13.1 Å². The number of alkyl halides is 3. The van der Waals surface area contributed by atoms with Gasteiger partial charge in [-0.05, 0) is 38.1 Å². The van der Waals surface area contributed by atoms with E-state index in [4.69, 9.17) is 0 Å². The fourth-order valence-corrected chi connectivity index (χ4v) is 1.63. The highest BCUT2D eigenvalue weighted by Gasteiger charge is 2.30. The molecule has 0 radical (unpaired) electrons. The average Bonchev–Trinajstić information content (AvgIpc) is 3.04. The summed E-state index contributed by atoms with van der Waals surface area (Å²) in [5.74, 6) is 0.589. The van der Waals surface area contributed by atoms with Crippen LogP contribution in [0.25, 0.3) is 0 Å². The molecule has 0 bridgehead atoms. The number of carbonyl (C=O) groups is 1.